The van der Waals surface area contributed by atoms with Crippen LogP contribution in [0.5, 0.6) is 0 Å². The second-order valence-corrected chi connectivity index (χ2v) is 10.1. The van der Waals surface area contributed by atoms with Crippen LogP contribution in [0.2, 0.25) is 0 Å². The van der Waals surface area contributed by atoms with Crippen LogP contribution in [-0.4, -0.2) is 22.6 Å². The molecule has 3 nitrogen and oxygen atoms in total. The quantitative estimate of drug-likeness (QED) is 0.552. The van der Waals surface area contributed by atoms with Crippen LogP contribution in [0.3, 0.4) is 0 Å². The summed E-state index contributed by atoms with van der Waals surface area (Å²) in [5.41, 5.74) is 4.15. The van der Waals surface area contributed by atoms with Crippen LogP contribution in [0.15, 0.2) is 48.5 Å². The number of fused-ring (bicyclic) bond motifs is 3. The van der Waals surface area contributed by atoms with E-state index in [4.69, 9.17) is 9.97 Å². The highest BCUT2D eigenvalue weighted by Crippen LogP contribution is 2.53. The fourth-order valence-electron chi connectivity index (χ4n) is 5.90. The lowest BCUT2D eigenvalue weighted by Gasteiger charge is -2.39. The Morgan fingerprint density at radius 1 is 0.964 bits per heavy atom. The summed E-state index contributed by atoms with van der Waals surface area (Å²) in [5.74, 6) is 1.96. The number of aryl methyl sites for hydroxylation is 1. The molecule has 0 unspecified atom stereocenters. The van der Waals surface area contributed by atoms with Crippen LogP contribution in [0.25, 0.3) is 22.3 Å². The van der Waals surface area contributed by atoms with Crippen LogP contribution >= 0.6 is 0 Å². The first-order chi connectivity index (χ1) is 13.3. The zero-order valence-electron chi connectivity index (χ0n) is 17.4. The first kappa shape index (κ1) is 17.7. The molecule has 0 radical (unpaired) electrons. The molecule has 28 heavy (non-hydrogen) atoms. The second-order valence-electron chi connectivity index (χ2n) is 10.1. The molecule has 3 heteroatoms. The molecular weight excluding hydrogens is 342 g/mol. The van der Waals surface area contributed by atoms with E-state index in [1.165, 1.54) is 30.2 Å². The molecule has 2 heterocycles. The van der Waals surface area contributed by atoms with Crippen LogP contribution in [-0.2, 0) is 0 Å². The van der Waals surface area contributed by atoms with Gasteiger partial charge in [0.15, 0.2) is 5.82 Å². The van der Waals surface area contributed by atoms with Crippen molar-refractivity contribution in [2.75, 3.05) is 11.4 Å². The minimum atomic E-state index is 0.377. The molecule has 1 saturated heterocycles. The lowest BCUT2D eigenvalue weighted by Crippen LogP contribution is -2.35. The van der Waals surface area contributed by atoms with E-state index in [1.807, 2.05) is 0 Å². The Labute approximate surface area is 167 Å². The number of benzene rings is 2. The SMILES string of the molecule is Cc1cccc(-c2nc(N3C[C@]4(C)C[C@H]3CC(C)(C)C4)c3ccccc3n2)c1. The molecule has 1 aliphatic carbocycles. The van der Waals surface area contributed by atoms with Crippen molar-refractivity contribution in [3.63, 3.8) is 0 Å². The van der Waals surface area contributed by atoms with Crippen molar-refractivity contribution in [1.82, 2.24) is 9.97 Å². The largest absolute Gasteiger partial charge is 0.352 e. The Kier molecular flexibility index (Phi) is 3.81. The maximum Gasteiger partial charge on any atom is 0.162 e. The van der Waals surface area contributed by atoms with Crippen molar-refractivity contribution in [3.8, 4) is 11.4 Å². The van der Waals surface area contributed by atoms with Gasteiger partial charge in [0, 0.05) is 23.5 Å². The Balaban J connectivity index is 1.67. The summed E-state index contributed by atoms with van der Waals surface area (Å²) < 4.78 is 0. The maximum absolute atomic E-state index is 5.15. The number of nitrogens with zero attached hydrogens (tertiary/aromatic N) is 3. The minimum Gasteiger partial charge on any atom is -0.352 e. The first-order valence-corrected chi connectivity index (χ1v) is 10.4. The predicted molar refractivity (Wildman–Crippen MR) is 117 cm³/mol. The Morgan fingerprint density at radius 2 is 1.79 bits per heavy atom. The van der Waals surface area contributed by atoms with Crippen molar-refractivity contribution < 1.29 is 0 Å². The summed E-state index contributed by atoms with van der Waals surface area (Å²) in [5, 5.41) is 1.17. The van der Waals surface area contributed by atoms with Gasteiger partial charge >= 0.3 is 0 Å². The molecule has 5 rings (SSSR count). The minimum absolute atomic E-state index is 0.377. The van der Waals surface area contributed by atoms with Gasteiger partial charge in [0.2, 0.25) is 0 Å². The number of rotatable bonds is 2. The molecule has 2 aliphatic rings. The fraction of sp³-hybridized carbons (Fsp3) is 0.440. The van der Waals surface area contributed by atoms with Gasteiger partial charge < -0.3 is 4.90 Å². The van der Waals surface area contributed by atoms with Crippen LogP contribution in [0.1, 0.15) is 45.6 Å². The molecule has 2 atom stereocenters. The number of hydrogen-bond donors (Lipinski definition) is 0. The lowest BCUT2D eigenvalue weighted by molar-refractivity contribution is 0.136. The molecule has 0 spiro atoms. The second kappa shape index (κ2) is 6.04. The lowest BCUT2D eigenvalue weighted by atomic mass is 9.65. The highest BCUT2D eigenvalue weighted by atomic mass is 15.3. The number of hydrogen-bond acceptors (Lipinski definition) is 3. The Bertz CT molecular complexity index is 1050. The van der Waals surface area contributed by atoms with E-state index in [-0.39, 0.29) is 0 Å². The normalized spacial score (nSPS) is 26.0. The number of anilines is 1. The summed E-state index contributed by atoms with van der Waals surface area (Å²) in [4.78, 5) is 12.7. The molecule has 2 aromatic carbocycles. The van der Waals surface area contributed by atoms with Gasteiger partial charge in [-0.05, 0) is 55.2 Å². The van der Waals surface area contributed by atoms with Crippen molar-refractivity contribution in [2.45, 2.75) is 53.0 Å². The third-order valence-corrected chi connectivity index (χ3v) is 6.55. The van der Waals surface area contributed by atoms with Gasteiger partial charge in [-0.1, -0.05) is 56.7 Å². The monoisotopic (exact) mass is 371 g/mol. The van der Waals surface area contributed by atoms with E-state index in [0.29, 0.717) is 16.9 Å². The fourth-order valence-corrected chi connectivity index (χ4v) is 5.90. The summed E-state index contributed by atoms with van der Waals surface area (Å²) in [6.07, 6.45) is 3.80. The third kappa shape index (κ3) is 2.97. The van der Waals surface area contributed by atoms with Gasteiger partial charge in [-0.25, -0.2) is 9.97 Å². The highest BCUT2D eigenvalue weighted by molar-refractivity contribution is 5.91. The van der Waals surface area contributed by atoms with Gasteiger partial charge in [0.25, 0.3) is 0 Å². The number of para-hydroxylation sites is 1. The van der Waals surface area contributed by atoms with Crippen LogP contribution in [0, 0.1) is 17.8 Å². The van der Waals surface area contributed by atoms with Crippen molar-refractivity contribution >= 4 is 16.7 Å². The van der Waals surface area contributed by atoms with Gasteiger partial charge in [-0.15, -0.1) is 0 Å². The van der Waals surface area contributed by atoms with Gasteiger partial charge in [0.05, 0.1) is 5.52 Å². The standard InChI is InChI=1S/C25H29N3/c1-17-8-7-9-18(12-17)22-26-21-11-6-5-10-20(21)23(27-22)28-16-25(4)14-19(28)13-24(2,3)15-25/h5-12,19H,13-16H2,1-4H3/t19-,25-/m1/s1. The molecule has 1 aliphatic heterocycles. The van der Waals surface area contributed by atoms with Crippen LogP contribution in [0.4, 0.5) is 5.82 Å². The molecule has 1 aromatic heterocycles. The van der Waals surface area contributed by atoms with Gasteiger partial charge in [0.1, 0.15) is 5.82 Å². The van der Waals surface area contributed by atoms with E-state index in [2.05, 4.69) is 81.1 Å². The van der Waals surface area contributed by atoms with Crippen molar-refractivity contribution in [3.05, 3.63) is 54.1 Å². The van der Waals surface area contributed by atoms with Crippen molar-refractivity contribution in [2.24, 2.45) is 10.8 Å². The maximum atomic E-state index is 5.15. The molecule has 1 saturated carbocycles. The van der Waals surface area contributed by atoms with Gasteiger partial charge in [-0.2, -0.15) is 0 Å². The van der Waals surface area contributed by atoms with Crippen molar-refractivity contribution in [1.29, 1.82) is 0 Å². The molecule has 144 valence electrons. The summed E-state index contributed by atoms with van der Waals surface area (Å²) in [6, 6.07) is 17.6. The molecule has 2 bridgehead atoms. The van der Waals surface area contributed by atoms with Crippen LogP contribution < -0.4 is 4.90 Å². The average Bonchev–Trinajstić information content (AvgIpc) is 2.89. The average molecular weight is 372 g/mol. The van der Waals surface area contributed by atoms with E-state index >= 15 is 0 Å². The zero-order valence-corrected chi connectivity index (χ0v) is 17.4. The summed E-state index contributed by atoms with van der Waals surface area (Å²) in [6.45, 7) is 10.5. The molecule has 3 aromatic rings. The van der Waals surface area contributed by atoms with E-state index in [9.17, 15) is 0 Å². The molecule has 0 N–H and O–H groups in total. The predicted octanol–water partition coefficient (Wildman–Crippen LogP) is 6.01. The first-order valence-electron chi connectivity index (χ1n) is 10.4. The van der Waals surface area contributed by atoms with E-state index in [0.717, 1.165) is 29.3 Å². The molecular formula is C25H29N3. The highest BCUT2D eigenvalue weighted by Gasteiger charge is 2.50. The smallest absolute Gasteiger partial charge is 0.162 e. The molecule has 0 amide bonds. The van der Waals surface area contributed by atoms with Gasteiger partial charge in [-0.3, -0.25) is 0 Å². The van der Waals surface area contributed by atoms with E-state index < -0.39 is 0 Å². The number of aromatic nitrogens is 2. The Morgan fingerprint density at radius 3 is 2.61 bits per heavy atom. The Hall–Kier alpha value is -2.42. The zero-order chi connectivity index (χ0) is 19.5. The van der Waals surface area contributed by atoms with E-state index in [1.54, 1.807) is 0 Å². The summed E-state index contributed by atoms with van der Waals surface area (Å²) in [7, 11) is 0. The topological polar surface area (TPSA) is 29.0 Å². The summed E-state index contributed by atoms with van der Waals surface area (Å²) >= 11 is 0. The molecule has 2 fully saturated rings. The third-order valence-electron chi connectivity index (χ3n) is 6.55.